The Balaban J connectivity index is 0.00000232. The van der Waals surface area contributed by atoms with E-state index in [0.29, 0.717) is 16.7 Å². The summed E-state index contributed by atoms with van der Waals surface area (Å²) in [6, 6.07) is 0. The van der Waals surface area contributed by atoms with Crippen molar-refractivity contribution in [2.45, 2.75) is 113 Å². The van der Waals surface area contributed by atoms with E-state index in [0.717, 1.165) is 18.3 Å². The van der Waals surface area contributed by atoms with Crippen molar-refractivity contribution < 1.29 is 0 Å². The van der Waals surface area contributed by atoms with Gasteiger partial charge in [-0.1, -0.05) is 75.2 Å². The van der Waals surface area contributed by atoms with E-state index < -0.39 is 0 Å². The molecule has 0 aliphatic heterocycles. The average Bonchev–Trinajstić information content (AvgIpc) is 2.37. The minimum absolute atomic E-state index is 0.0302. The predicted molar refractivity (Wildman–Crippen MR) is 107 cm³/mol. The van der Waals surface area contributed by atoms with Gasteiger partial charge in [0.15, 0.2) is 0 Å². The SMILES string of the molecule is CC.CC(C)CC(C)(C)C1CCCCC1C(C)(N)CC(C)(C)C. The third-order valence-corrected chi connectivity index (χ3v) is 5.46. The van der Waals surface area contributed by atoms with Crippen LogP contribution in [0.4, 0.5) is 0 Å². The molecule has 3 unspecified atom stereocenters. The zero-order valence-electron chi connectivity index (χ0n) is 18.1. The number of rotatable bonds is 5. The lowest BCUT2D eigenvalue weighted by Gasteiger charge is -2.51. The summed E-state index contributed by atoms with van der Waals surface area (Å²) in [5.41, 5.74) is 7.59. The maximum atomic E-state index is 6.90. The second-order valence-corrected chi connectivity index (χ2v) is 10.3. The molecular formula is C22H47N. The van der Waals surface area contributed by atoms with Gasteiger partial charge in [-0.25, -0.2) is 0 Å². The van der Waals surface area contributed by atoms with Gasteiger partial charge < -0.3 is 5.73 Å². The number of hydrogen-bond donors (Lipinski definition) is 1. The molecule has 0 spiro atoms. The topological polar surface area (TPSA) is 26.0 Å². The maximum Gasteiger partial charge on any atom is 0.0162 e. The highest BCUT2D eigenvalue weighted by molar-refractivity contribution is 4.99. The summed E-state index contributed by atoms with van der Waals surface area (Å²) < 4.78 is 0. The number of hydrogen-bond acceptors (Lipinski definition) is 1. The first-order valence-corrected chi connectivity index (χ1v) is 10.1. The van der Waals surface area contributed by atoms with Gasteiger partial charge in [0.25, 0.3) is 0 Å². The molecule has 1 aliphatic rings. The van der Waals surface area contributed by atoms with Crippen molar-refractivity contribution in [1.82, 2.24) is 0 Å². The van der Waals surface area contributed by atoms with Gasteiger partial charge in [0.05, 0.1) is 0 Å². The van der Waals surface area contributed by atoms with E-state index in [-0.39, 0.29) is 5.54 Å². The van der Waals surface area contributed by atoms with Crippen LogP contribution < -0.4 is 5.73 Å². The molecule has 3 atom stereocenters. The van der Waals surface area contributed by atoms with Crippen LogP contribution in [0.3, 0.4) is 0 Å². The lowest BCUT2D eigenvalue weighted by atomic mass is 9.56. The van der Waals surface area contributed by atoms with Crippen LogP contribution in [0.25, 0.3) is 0 Å². The van der Waals surface area contributed by atoms with Crippen molar-refractivity contribution in [3.63, 3.8) is 0 Å². The lowest BCUT2D eigenvalue weighted by molar-refractivity contribution is 0.0190. The smallest absolute Gasteiger partial charge is 0.0162 e. The maximum absolute atomic E-state index is 6.90. The Morgan fingerprint density at radius 2 is 1.30 bits per heavy atom. The first-order chi connectivity index (χ1) is 10.4. The highest BCUT2D eigenvalue weighted by Crippen LogP contribution is 2.50. The molecule has 0 amide bonds. The molecule has 0 aromatic heterocycles. The van der Waals surface area contributed by atoms with E-state index in [1.54, 1.807) is 0 Å². The van der Waals surface area contributed by atoms with Gasteiger partial charge in [-0.15, -0.1) is 0 Å². The predicted octanol–water partition coefficient (Wildman–Crippen LogP) is 7.04. The highest BCUT2D eigenvalue weighted by atomic mass is 14.8. The summed E-state index contributed by atoms with van der Waals surface area (Å²) in [6.07, 6.45) is 7.92. The van der Waals surface area contributed by atoms with Gasteiger partial charge in [-0.2, -0.15) is 0 Å². The quantitative estimate of drug-likeness (QED) is 0.576. The monoisotopic (exact) mass is 325 g/mol. The third-order valence-electron chi connectivity index (χ3n) is 5.46. The van der Waals surface area contributed by atoms with Crippen LogP contribution >= 0.6 is 0 Å². The molecule has 1 nitrogen and oxygen atoms in total. The van der Waals surface area contributed by atoms with E-state index in [1.807, 2.05) is 13.8 Å². The summed E-state index contributed by atoms with van der Waals surface area (Å²) >= 11 is 0. The average molecular weight is 326 g/mol. The minimum atomic E-state index is -0.0302. The van der Waals surface area contributed by atoms with Crippen LogP contribution in [-0.2, 0) is 0 Å². The molecule has 1 heteroatoms. The van der Waals surface area contributed by atoms with E-state index in [1.165, 1.54) is 32.1 Å². The Hall–Kier alpha value is -0.0400. The third kappa shape index (κ3) is 7.59. The van der Waals surface area contributed by atoms with Crippen LogP contribution in [0.2, 0.25) is 0 Å². The first-order valence-electron chi connectivity index (χ1n) is 10.1. The molecule has 0 radical (unpaired) electrons. The second-order valence-electron chi connectivity index (χ2n) is 10.3. The zero-order valence-corrected chi connectivity index (χ0v) is 18.1. The Kier molecular flexibility index (Phi) is 8.87. The van der Waals surface area contributed by atoms with Gasteiger partial charge in [0, 0.05) is 5.54 Å². The molecule has 2 N–H and O–H groups in total. The first kappa shape index (κ1) is 23.0. The Morgan fingerprint density at radius 3 is 1.70 bits per heavy atom. The Morgan fingerprint density at radius 1 is 0.870 bits per heavy atom. The molecule has 1 rings (SSSR count). The lowest BCUT2D eigenvalue weighted by Crippen LogP contribution is -2.53. The van der Waals surface area contributed by atoms with Gasteiger partial charge in [-0.3, -0.25) is 0 Å². The standard InChI is InChI=1S/C20H41N.C2H6/c1-15(2)13-19(6,7)16-11-9-10-12-17(16)20(8,21)14-18(3,4)5;1-2/h15-17H,9-14,21H2,1-8H3;1-2H3. The van der Waals surface area contributed by atoms with Crippen LogP contribution in [0.1, 0.15) is 108 Å². The largest absolute Gasteiger partial charge is 0.325 e. The van der Waals surface area contributed by atoms with E-state index in [2.05, 4.69) is 55.4 Å². The molecule has 1 fully saturated rings. The van der Waals surface area contributed by atoms with Crippen molar-refractivity contribution in [3.05, 3.63) is 0 Å². The van der Waals surface area contributed by atoms with E-state index in [9.17, 15) is 0 Å². The molecule has 0 heterocycles. The Labute approximate surface area is 148 Å². The molecule has 0 aromatic rings. The Bertz CT molecular complexity index is 319. The van der Waals surface area contributed by atoms with Crippen molar-refractivity contribution in [2.24, 2.45) is 34.3 Å². The molecule has 140 valence electrons. The molecular weight excluding hydrogens is 278 g/mol. The highest BCUT2D eigenvalue weighted by Gasteiger charge is 2.45. The molecule has 0 bridgehead atoms. The molecule has 0 aromatic carbocycles. The zero-order chi connectivity index (χ0) is 18.5. The van der Waals surface area contributed by atoms with Crippen molar-refractivity contribution in [2.75, 3.05) is 0 Å². The summed E-state index contributed by atoms with van der Waals surface area (Å²) in [5.74, 6) is 2.24. The van der Waals surface area contributed by atoms with Crippen LogP contribution in [0.5, 0.6) is 0 Å². The second kappa shape index (κ2) is 8.88. The molecule has 1 aliphatic carbocycles. The van der Waals surface area contributed by atoms with Crippen LogP contribution in [0.15, 0.2) is 0 Å². The fourth-order valence-electron chi connectivity index (χ4n) is 5.33. The van der Waals surface area contributed by atoms with Crippen molar-refractivity contribution >= 4 is 0 Å². The fraction of sp³-hybridized carbons (Fsp3) is 1.00. The summed E-state index contributed by atoms with van der Waals surface area (Å²) in [4.78, 5) is 0. The minimum Gasteiger partial charge on any atom is -0.325 e. The van der Waals surface area contributed by atoms with Gasteiger partial charge in [0.2, 0.25) is 0 Å². The van der Waals surface area contributed by atoms with E-state index >= 15 is 0 Å². The molecule has 0 saturated heterocycles. The summed E-state index contributed by atoms with van der Waals surface area (Å²) in [6.45, 7) is 23.0. The van der Waals surface area contributed by atoms with Gasteiger partial charge in [0.1, 0.15) is 0 Å². The van der Waals surface area contributed by atoms with Crippen LogP contribution in [0, 0.1) is 28.6 Å². The van der Waals surface area contributed by atoms with Crippen LogP contribution in [-0.4, -0.2) is 5.54 Å². The summed E-state index contributed by atoms with van der Waals surface area (Å²) in [5, 5.41) is 0. The molecule has 1 saturated carbocycles. The van der Waals surface area contributed by atoms with Gasteiger partial charge in [-0.05, 0) is 61.2 Å². The van der Waals surface area contributed by atoms with Gasteiger partial charge >= 0.3 is 0 Å². The van der Waals surface area contributed by atoms with E-state index in [4.69, 9.17) is 5.73 Å². The van der Waals surface area contributed by atoms with Crippen molar-refractivity contribution in [1.29, 1.82) is 0 Å². The summed E-state index contributed by atoms with van der Waals surface area (Å²) in [7, 11) is 0. The molecule has 23 heavy (non-hydrogen) atoms. The van der Waals surface area contributed by atoms with Crippen molar-refractivity contribution in [3.8, 4) is 0 Å². The normalized spacial score (nSPS) is 25.6. The fourth-order valence-corrected chi connectivity index (χ4v) is 5.33. The number of nitrogens with two attached hydrogens (primary N) is 1.